The lowest BCUT2D eigenvalue weighted by Gasteiger charge is -2.43. The molecule has 3 aliphatic rings. The maximum Gasteiger partial charge on any atom is 0.317 e. The predicted octanol–water partition coefficient (Wildman–Crippen LogP) is 1.42. The molecule has 0 aromatic heterocycles. The molecule has 3 rings (SSSR count). The van der Waals surface area contributed by atoms with Crippen molar-refractivity contribution < 1.29 is 4.79 Å². The highest BCUT2D eigenvalue weighted by molar-refractivity contribution is 5.75. The second-order valence-electron chi connectivity index (χ2n) is 5.87. The van der Waals surface area contributed by atoms with Crippen LogP contribution in [0.3, 0.4) is 0 Å². The van der Waals surface area contributed by atoms with E-state index >= 15 is 0 Å². The molecule has 0 spiro atoms. The van der Waals surface area contributed by atoms with Crippen molar-refractivity contribution in [1.82, 2.24) is 15.1 Å². The fourth-order valence-electron chi connectivity index (χ4n) is 3.28. The van der Waals surface area contributed by atoms with Crippen molar-refractivity contribution >= 4 is 6.03 Å². The SMILES string of the molecule is CC1CN2CCCC2CN1C(=O)NC1CCC1. The van der Waals surface area contributed by atoms with Crippen LogP contribution in [0.5, 0.6) is 0 Å². The Labute approximate surface area is 103 Å². The third-order valence-electron chi connectivity index (χ3n) is 4.63. The van der Waals surface area contributed by atoms with Crippen LogP contribution in [0.25, 0.3) is 0 Å². The summed E-state index contributed by atoms with van der Waals surface area (Å²) in [4.78, 5) is 16.8. The van der Waals surface area contributed by atoms with Gasteiger partial charge in [0.05, 0.1) is 0 Å². The molecular weight excluding hydrogens is 214 g/mol. The van der Waals surface area contributed by atoms with Crippen LogP contribution in [0.15, 0.2) is 0 Å². The lowest BCUT2D eigenvalue weighted by Crippen LogP contribution is -2.60. The van der Waals surface area contributed by atoms with Crippen molar-refractivity contribution in [3.05, 3.63) is 0 Å². The Bertz CT molecular complexity index is 303. The number of hydrogen-bond acceptors (Lipinski definition) is 2. The van der Waals surface area contributed by atoms with E-state index in [1.165, 1.54) is 38.6 Å². The van der Waals surface area contributed by atoms with Crippen LogP contribution in [0.4, 0.5) is 4.79 Å². The molecule has 2 atom stereocenters. The molecule has 17 heavy (non-hydrogen) atoms. The molecule has 4 heteroatoms. The van der Waals surface area contributed by atoms with Crippen molar-refractivity contribution in [1.29, 1.82) is 0 Å². The average molecular weight is 237 g/mol. The van der Waals surface area contributed by atoms with Gasteiger partial charge in [-0.05, 0) is 45.6 Å². The number of carbonyl (C=O) groups is 1. The van der Waals surface area contributed by atoms with Crippen molar-refractivity contribution in [2.45, 2.75) is 57.2 Å². The van der Waals surface area contributed by atoms with E-state index in [2.05, 4.69) is 22.0 Å². The third-order valence-corrected chi connectivity index (χ3v) is 4.63. The Balaban J connectivity index is 1.59. The number of carbonyl (C=O) groups excluding carboxylic acids is 1. The fourth-order valence-corrected chi connectivity index (χ4v) is 3.28. The first-order valence-electron chi connectivity index (χ1n) is 7.05. The van der Waals surface area contributed by atoms with Gasteiger partial charge in [-0.15, -0.1) is 0 Å². The molecular formula is C13H23N3O. The molecule has 2 saturated heterocycles. The van der Waals surface area contributed by atoms with Gasteiger partial charge in [0.1, 0.15) is 0 Å². The first-order valence-corrected chi connectivity index (χ1v) is 7.05. The van der Waals surface area contributed by atoms with Gasteiger partial charge in [0.25, 0.3) is 0 Å². The van der Waals surface area contributed by atoms with Crippen molar-refractivity contribution in [2.24, 2.45) is 0 Å². The largest absolute Gasteiger partial charge is 0.335 e. The highest BCUT2D eigenvalue weighted by Crippen LogP contribution is 2.25. The van der Waals surface area contributed by atoms with Crippen LogP contribution in [0, 0.1) is 0 Å². The van der Waals surface area contributed by atoms with Crippen LogP contribution in [-0.2, 0) is 0 Å². The van der Waals surface area contributed by atoms with Crippen LogP contribution in [-0.4, -0.2) is 53.6 Å². The third kappa shape index (κ3) is 2.15. The number of piperazine rings is 1. The normalized spacial score (nSPS) is 34.3. The molecule has 1 N–H and O–H groups in total. The lowest BCUT2D eigenvalue weighted by atomic mass is 9.93. The minimum atomic E-state index is 0.175. The second-order valence-corrected chi connectivity index (χ2v) is 5.87. The number of hydrogen-bond donors (Lipinski definition) is 1. The van der Waals surface area contributed by atoms with E-state index in [1.807, 2.05) is 0 Å². The van der Waals surface area contributed by atoms with Gasteiger partial charge < -0.3 is 10.2 Å². The summed E-state index contributed by atoms with van der Waals surface area (Å²) in [5.41, 5.74) is 0. The first-order chi connectivity index (χ1) is 8.24. The van der Waals surface area contributed by atoms with Crippen molar-refractivity contribution in [2.75, 3.05) is 19.6 Å². The number of fused-ring (bicyclic) bond motifs is 1. The molecule has 2 aliphatic heterocycles. The summed E-state index contributed by atoms with van der Waals surface area (Å²) in [7, 11) is 0. The molecule has 96 valence electrons. The smallest absolute Gasteiger partial charge is 0.317 e. The standard InChI is InChI=1S/C13H23N3O/c1-10-8-15-7-3-6-12(15)9-16(10)13(17)14-11-4-2-5-11/h10-12H,2-9H2,1H3,(H,14,17). The van der Waals surface area contributed by atoms with Gasteiger partial charge >= 0.3 is 6.03 Å². The monoisotopic (exact) mass is 237 g/mol. The summed E-state index contributed by atoms with van der Waals surface area (Å²) in [5, 5.41) is 3.16. The summed E-state index contributed by atoms with van der Waals surface area (Å²) < 4.78 is 0. The predicted molar refractivity (Wildman–Crippen MR) is 66.9 cm³/mol. The van der Waals surface area contributed by atoms with Crippen molar-refractivity contribution in [3.63, 3.8) is 0 Å². The Morgan fingerprint density at radius 1 is 1.18 bits per heavy atom. The molecule has 0 aromatic carbocycles. The van der Waals surface area contributed by atoms with Gasteiger partial charge in [0.15, 0.2) is 0 Å². The number of nitrogens with zero attached hydrogens (tertiary/aromatic N) is 2. The average Bonchev–Trinajstić information content (AvgIpc) is 2.68. The zero-order valence-electron chi connectivity index (χ0n) is 10.7. The Hall–Kier alpha value is -0.770. The zero-order valence-corrected chi connectivity index (χ0v) is 10.7. The number of rotatable bonds is 1. The quantitative estimate of drug-likeness (QED) is 0.748. The van der Waals surface area contributed by atoms with Gasteiger partial charge in [0, 0.05) is 31.2 Å². The molecule has 1 saturated carbocycles. The molecule has 0 bridgehead atoms. The molecule has 3 fully saturated rings. The Morgan fingerprint density at radius 3 is 2.71 bits per heavy atom. The van der Waals surface area contributed by atoms with E-state index in [0.717, 1.165) is 13.1 Å². The summed E-state index contributed by atoms with van der Waals surface area (Å²) >= 11 is 0. The maximum absolute atomic E-state index is 12.2. The molecule has 0 radical (unpaired) electrons. The summed E-state index contributed by atoms with van der Waals surface area (Å²) in [6.45, 7) is 5.39. The fraction of sp³-hybridized carbons (Fsp3) is 0.923. The molecule has 0 aromatic rings. The van der Waals surface area contributed by atoms with E-state index in [9.17, 15) is 4.79 Å². The minimum absolute atomic E-state index is 0.175. The molecule has 1 aliphatic carbocycles. The lowest BCUT2D eigenvalue weighted by molar-refractivity contribution is 0.0775. The van der Waals surface area contributed by atoms with E-state index < -0.39 is 0 Å². The van der Waals surface area contributed by atoms with E-state index in [0.29, 0.717) is 18.1 Å². The van der Waals surface area contributed by atoms with Gasteiger partial charge in [-0.3, -0.25) is 4.90 Å². The number of nitrogens with one attached hydrogen (secondary N) is 1. The first kappa shape index (κ1) is 11.3. The zero-order chi connectivity index (χ0) is 11.8. The summed E-state index contributed by atoms with van der Waals surface area (Å²) in [5.74, 6) is 0. The number of amides is 2. The summed E-state index contributed by atoms with van der Waals surface area (Å²) in [6, 6.07) is 1.62. The van der Waals surface area contributed by atoms with E-state index in [4.69, 9.17) is 0 Å². The van der Waals surface area contributed by atoms with E-state index in [1.54, 1.807) is 0 Å². The topological polar surface area (TPSA) is 35.6 Å². The van der Waals surface area contributed by atoms with Gasteiger partial charge in [-0.1, -0.05) is 0 Å². The highest BCUT2D eigenvalue weighted by atomic mass is 16.2. The van der Waals surface area contributed by atoms with E-state index in [-0.39, 0.29) is 6.03 Å². The van der Waals surface area contributed by atoms with Crippen LogP contribution in [0.1, 0.15) is 39.0 Å². The maximum atomic E-state index is 12.2. The summed E-state index contributed by atoms with van der Waals surface area (Å²) in [6.07, 6.45) is 6.18. The second kappa shape index (κ2) is 4.48. The molecule has 4 nitrogen and oxygen atoms in total. The number of urea groups is 1. The minimum Gasteiger partial charge on any atom is -0.335 e. The van der Waals surface area contributed by atoms with Gasteiger partial charge in [-0.25, -0.2) is 4.79 Å². The molecule has 2 unspecified atom stereocenters. The van der Waals surface area contributed by atoms with Crippen LogP contribution < -0.4 is 5.32 Å². The van der Waals surface area contributed by atoms with Crippen molar-refractivity contribution in [3.8, 4) is 0 Å². The van der Waals surface area contributed by atoms with Gasteiger partial charge in [-0.2, -0.15) is 0 Å². The van der Waals surface area contributed by atoms with Crippen LogP contribution >= 0.6 is 0 Å². The molecule has 2 heterocycles. The Morgan fingerprint density at radius 2 is 2.00 bits per heavy atom. The van der Waals surface area contributed by atoms with Crippen LogP contribution in [0.2, 0.25) is 0 Å². The highest BCUT2D eigenvalue weighted by Gasteiger charge is 2.37. The van der Waals surface area contributed by atoms with Gasteiger partial charge in [0.2, 0.25) is 0 Å². The Kier molecular flexibility index (Phi) is 2.99. The molecule has 2 amide bonds.